The van der Waals surface area contributed by atoms with Crippen LogP contribution in [0.1, 0.15) is 33.4 Å². The zero-order chi connectivity index (χ0) is 40.3. The standard InChI is InChI=1S/C22H19F2N3O2.C22H20FN3O2/c1-13-9-15(5-7-19(13)28-2)22(12-29-21(25)27-22)16-4-6-18(23)17(10-16)14-3-8-20(24)26-11-14;1-14-10-16(6-8-20(14)27-2)22(13-28-21(24)26-22)17-5-7-19(23)18(11-17)15-4-3-9-25-12-15/h3-11H,12H2,1-2H3,(H2,25,27);3-12H,13H2,1-2H3,(H2,24,26). The van der Waals surface area contributed by atoms with Gasteiger partial charge >= 0.3 is 0 Å². The number of rotatable bonds is 8. The van der Waals surface area contributed by atoms with Crippen LogP contribution in [0.4, 0.5) is 13.2 Å². The topological polar surface area (TPSA) is 139 Å². The van der Waals surface area contributed by atoms with Gasteiger partial charge in [0.25, 0.3) is 12.0 Å². The van der Waals surface area contributed by atoms with Crippen LogP contribution in [0.2, 0.25) is 0 Å². The first kappa shape index (κ1) is 38.4. The van der Waals surface area contributed by atoms with Gasteiger partial charge in [0.05, 0.1) is 14.2 Å². The summed E-state index contributed by atoms with van der Waals surface area (Å²) in [5.74, 6) is 0.131. The molecule has 6 aromatic rings. The van der Waals surface area contributed by atoms with Crippen molar-refractivity contribution in [3.8, 4) is 33.8 Å². The van der Waals surface area contributed by atoms with Crippen molar-refractivity contribution in [2.24, 2.45) is 21.5 Å². The Bertz CT molecular complexity index is 2500. The first-order valence-electron chi connectivity index (χ1n) is 17.8. The number of pyridine rings is 2. The highest BCUT2D eigenvalue weighted by Gasteiger charge is 2.42. The van der Waals surface area contributed by atoms with Gasteiger partial charge < -0.3 is 30.4 Å². The van der Waals surface area contributed by atoms with E-state index in [1.807, 2.05) is 56.3 Å². The van der Waals surface area contributed by atoms with Crippen LogP contribution >= 0.6 is 0 Å². The average molecular weight is 773 g/mol. The summed E-state index contributed by atoms with van der Waals surface area (Å²) in [6.07, 6.45) is 4.59. The van der Waals surface area contributed by atoms with Crippen LogP contribution in [0, 0.1) is 31.4 Å². The highest BCUT2D eigenvalue weighted by molar-refractivity contribution is 5.77. The molecule has 0 radical (unpaired) electrons. The second-order valence-electron chi connectivity index (χ2n) is 13.6. The Morgan fingerprint density at radius 2 is 1.07 bits per heavy atom. The molecule has 2 aliphatic rings. The van der Waals surface area contributed by atoms with E-state index in [0.717, 1.165) is 39.3 Å². The minimum atomic E-state index is -0.934. The van der Waals surface area contributed by atoms with Crippen LogP contribution in [0.5, 0.6) is 11.5 Å². The highest BCUT2D eigenvalue weighted by Crippen LogP contribution is 2.42. The molecule has 4 aromatic carbocycles. The molecule has 0 spiro atoms. The number of hydrogen-bond acceptors (Lipinski definition) is 10. The molecule has 13 heteroatoms. The average Bonchev–Trinajstić information content (AvgIpc) is 3.83. The molecule has 0 bridgehead atoms. The molecule has 0 saturated heterocycles. The molecule has 2 atom stereocenters. The van der Waals surface area contributed by atoms with Crippen LogP contribution in [0.25, 0.3) is 22.3 Å². The third kappa shape index (κ3) is 7.43. The number of amidine groups is 2. The predicted octanol–water partition coefficient (Wildman–Crippen LogP) is 7.73. The van der Waals surface area contributed by atoms with Gasteiger partial charge in [-0.3, -0.25) is 4.98 Å². The van der Waals surface area contributed by atoms with Crippen molar-refractivity contribution >= 4 is 12.0 Å². The van der Waals surface area contributed by atoms with E-state index in [1.54, 1.807) is 56.9 Å². The van der Waals surface area contributed by atoms with E-state index in [0.29, 0.717) is 27.8 Å². The molecule has 2 aromatic heterocycles. The van der Waals surface area contributed by atoms with E-state index in [2.05, 4.69) is 20.0 Å². The second-order valence-corrected chi connectivity index (χ2v) is 13.6. The van der Waals surface area contributed by atoms with E-state index in [9.17, 15) is 13.2 Å². The van der Waals surface area contributed by atoms with Crippen LogP contribution in [0.3, 0.4) is 0 Å². The van der Waals surface area contributed by atoms with Gasteiger partial charge in [-0.05, 0) is 114 Å². The number of nitrogens with two attached hydrogens (primary N) is 2. The molecular formula is C44H39F3N6O4. The molecule has 4 heterocycles. The van der Waals surface area contributed by atoms with Crippen molar-refractivity contribution in [3.05, 3.63) is 167 Å². The minimum absolute atomic E-state index is 0.0628. The Hall–Kier alpha value is -6.89. The summed E-state index contributed by atoms with van der Waals surface area (Å²) < 4.78 is 64.1. The molecule has 0 amide bonds. The number of halogens is 3. The quantitative estimate of drug-likeness (QED) is 0.150. The Labute approximate surface area is 327 Å². The number of ether oxygens (including phenoxy) is 4. The normalized spacial score (nSPS) is 18.4. The Balaban J connectivity index is 0.000000174. The van der Waals surface area contributed by atoms with Gasteiger partial charge in [0.15, 0.2) is 11.1 Å². The zero-order valence-electron chi connectivity index (χ0n) is 31.6. The van der Waals surface area contributed by atoms with Gasteiger partial charge in [-0.1, -0.05) is 30.3 Å². The molecule has 10 nitrogen and oxygen atoms in total. The van der Waals surface area contributed by atoms with Crippen molar-refractivity contribution in [1.82, 2.24) is 9.97 Å². The summed E-state index contributed by atoms with van der Waals surface area (Å²) in [6, 6.07) is 27.6. The lowest BCUT2D eigenvalue weighted by Crippen LogP contribution is -2.27. The molecule has 0 fully saturated rings. The van der Waals surface area contributed by atoms with E-state index in [-0.39, 0.29) is 31.1 Å². The maximum atomic E-state index is 14.6. The molecule has 0 aliphatic carbocycles. The van der Waals surface area contributed by atoms with Gasteiger partial charge in [-0.15, -0.1) is 0 Å². The lowest BCUT2D eigenvalue weighted by Gasteiger charge is -2.26. The van der Waals surface area contributed by atoms with Crippen molar-refractivity contribution in [2.75, 3.05) is 27.4 Å². The monoisotopic (exact) mass is 772 g/mol. The fourth-order valence-electron chi connectivity index (χ4n) is 7.12. The minimum Gasteiger partial charge on any atom is -0.496 e. The summed E-state index contributed by atoms with van der Waals surface area (Å²) in [6.45, 7) is 4.31. The summed E-state index contributed by atoms with van der Waals surface area (Å²) in [7, 11) is 3.24. The number of benzene rings is 4. The van der Waals surface area contributed by atoms with Crippen LogP contribution in [-0.2, 0) is 20.6 Å². The molecule has 2 unspecified atom stereocenters. The molecule has 57 heavy (non-hydrogen) atoms. The molecule has 290 valence electrons. The number of methoxy groups -OCH3 is 2. The van der Waals surface area contributed by atoms with E-state index < -0.39 is 22.8 Å². The van der Waals surface area contributed by atoms with Gasteiger partial charge in [0.2, 0.25) is 5.95 Å². The second kappa shape index (κ2) is 15.7. The van der Waals surface area contributed by atoms with E-state index in [1.165, 1.54) is 30.5 Å². The lowest BCUT2D eigenvalue weighted by atomic mass is 9.82. The first-order chi connectivity index (χ1) is 27.5. The number of aliphatic imine (C=N–C) groups is 2. The highest BCUT2D eigenvalue weighted by atomic mass is 19.1. The van der Waals surface area contributed by atoms with E-state index >= 15 is 0 Å². The van der Waals surface area contributed by atoms with Gasteiger partial charge in [-0.2, -0.15) is 4.39 Å². The van der Waals surface area contributed by atoms with Gasteiger partial charge in [-0.25, -0.2) is 23.7 Å². The molecule has 4 N–H and O–H groups in total. The lowest BCUT2D eigenvalue weighted by molar-refractivity contribution is 0.278. The third-order valence-corrected chi connectivity index (χ3v) is 10.1. The van der Waals surface area contributed by atoms with Crippen molar-refractivity contribution in [2.45, 2.75) is 24.9 Å². The Morgan fingerprint density at radius 1 is 0.596 bits per heavy atom. The van der Waals surface area contributed by atoms with Crippen LogP contribution in [0.15, 0.2) is 126 Å². The van der Waals surface area contributed by atoms with Crippen molar-refractivity contribution in [3.63, 3.8) is 0 Å². The maximum absolute atomic E-state index is 14.6. The maximum Gasteiger partial charge on any atom is 0.283 e. The zero-order valence-corrected chi connectivity index (χ0v) is 31.6. The number of aromatic nitrogens is 2. The summed E-state index contributed by atoms with van der Waals surface area (Å²) in [4.78, 5) is 16.9. The smallest absolute Gasteiger partial charge is 0.283 e. The van der Waals surface area contributed by atoms with Gasteiger partial charge in [0.1, 0.15) is 36.3 Å². The van der Waals surface area contributed by atoms with Crippen molar-refractivity contribution < 1.29 is 32.1 Å². The number of hydrogen-bond donors (Lipinski definition) is 2. The number of nitrogens with zero attached hydrogens (tertiary/aromatic N) is 4. The number of aryl methyl sites for hydroxylation is 2. The van der Waals surface area contributed by atoms with Crippen LogP contribution < -0.4 is 20.9 Å². The fraction of sp³-hybridized carbons (Fsp3) is 0.182. The Kier molecular flexibility index (Phi) is 10.6. The summed E-state index contributed by atoms with van der Waals surface area (Å²) in [5, 5.41) is 0. The molecule has 0 saturated carbocycles. The first-order valence-corrected chi connectivity index (χ1v) is 17.8. The SMILES string of the molecule is COc1ccc(C2(c3ccc(F)c(-c4ccc(F)nc4)c3)COC(N)=N2)cc1C.COc1ccc(C2(c3ccc(F)c(-c4cccnc4)c3)COC(N)=N2)cc1C. The molecular weight excluding hydrogens is 734 g/mol. The molecule has 8 rings (SSSR count). The third-order valence-electron chi connectivity index (χ3n) is 10.1. The fourth-order valence-corrected chi connectivity index (χ4v) is 7.12. The predicted molar refractivity (Wildman–Crippen MR) is 211 cm³/mol. The summed E-state index contributed by atoms with van der Waals surface area (Å²) in [5.41, 5.74) is 17.0. The van der Waals surface area contributed by atoms with E-state index in [4.69, 9.17) is 30.4 Å². The summed E-state index contributed by atoms with van der Waals surface area (Å²) >= 11 is 0. The molecule has 2 aliphatic heterocycles. The Morgan fingerprint density at radius 3 is 1.46 bits per heavy atom. The van der Waals surface area contributed by atoms with Gasteiger partial charge in [0, 0.05) is 40.8 Å². The van der Waals surface area contributed by atoms with Crippen molar-refractivity contribution in [1.29, 1.82) is 0 Å². The van der Waals surface area contributed by atoms with Crippen LogP contribution in [-0.4, -0.2) is 49.4 Å². The largest absolute Gasteiger partial charge is 0.496 e.